The van der Waals surface area contributed by atoms with Gasteiger partial charge in [-0.1, -0.05) is 6.92 Å². The molecule has 1 amide bonds. The number of hydrogen-bond acceptors (Lipinski definition) is 3. The molecule has 3 nitrogen and oxygen atoms in total. The molecule has 0 rings (SSSR count). The zero-order chi connectivity index (χ0) is 10.3. The first-order valence-electron chi connectivity index (χ1n) is 4.51. The lowest BCUT2D eigenvalue weighted by atomic mass is 10.3. The molecule has 0 bridgehead atoms. The summed E-state index contributed by atoms with van der Waals surface area (Å²) in [6.45, 7) is 3.93. The van der Waals surface area contributed by atoms with E-state index in [1.165, 1.54) is 0 Å². The van der Waals surface area contributed by atoms with Crippen molar-refractivity contribution in [1.82, 2.24) is 10.2 Å². The van der Waals surface area contributed by atoms with Gasteiger partial charge in [0, 0.05) is 38.9 Å². The Morgan fingerprint density at radius 3 is 2.62 bits per heavy atom. The number of carbonyl (C=O) groups excluding carboxylic acids is 1. The highest BCUT2D eigenvalue weighted by molar-refractivity contribution is 7.99. The van der Waals surface area contributed by atoms with Crippen molar-refractivity contribution in [2.45, 2.75) is 18.6 Å². The van der Waals surface area contributed by atoms with Crippen molar-refractivity contribution in [3.63, 3.8) is 0 Å². The molecule has 0 aliphatic heterocycles. The molecule has 0 aromatic rings. The van der Waals surface area contributed by atoms with Gasteiger partial charge in [0.15, 0.2) is 0 Å². The summed E-state index contributed by atoms with van der Waals surface area (Å²) < 4.78 is 0. The Balaban J connectivity index is 3.31. The van der Waals surface area contributed by atoms with Gasteiger partial charge in [0.1, 0.15) is 0 Å². The van der Waals surface area contributed by atoms with Crippen molar-refractivity contribution < 1.29 is 4.79 Å². The van der Waals surface area contributed by atoms with Crippen molar-refractivity contribution in [3.8, 4) is 0 Å². The zero-order valence-corrected chi connectivity index (χ0v) is 9.78. The van der Waals surface area contributed by atoms with E-state index in [0.29, 0.717) is 11.7 Å². The molecule has 0 saturated carbocycles. The van der Waals surface area contributed by atoms with E-state index in [4.69, 9.17) is 0 Å². The van der Waals surface area contributed by atoms with Crippen LogP contribution in [-0.2, 0) is 4.79 Å². The molecule has 0 fully saturated rings. The summed E-state index contributed by atoms with van der Waals surface area (Å²) in [5.74, 6) is 0.185. The lowest BCUT2D eigenvalue weighted by Gasteiger charge is -2.12. The quantitative estimate of drug-likeness (QED) is 0.650. The molecule has 0 aliphatic carbocycles. The molecule has 4 heteroatoms. The van der Waals surface area contributed by atoms with Gasteiger partial charge in [0.25, 0.3) is 0 Å². The Morgan fingerprint density at radius 2 is 2.15 bits per heavy atom. The predicted molar refractivity (Wildman–Crippen MR) is 59.2 cm³/mol. The molecule has 0 saturated heterocycles. The van der Waals surface area contributed by atoms with Gasteiger partial charge in [0.05, 0.1) is 0 Å². The van der Waals surface area contributed by atoms with Gasteiger partial charge < -0.3 is 10.2 Å². The van der Waals surface area contributed by atoms with E-state index >= 15 is 0 Å². The Kier molecular flexibility index (Phi) is 7.09. The van der Waals surface area contributed by atoms with E-state index in [1.54, 1.807) is 19.0 Å². The Morgan fingerprint density at radius 1 is 1.54 bits per heavy atom. The third-order valence-electron chi connectivity index (χ3n) is 1.85. The van der Waals surface area contributed by atoms with E-state index in [1.807, 2.05) is 11.8 Å². The first-order valence-corrected chi connectivity index (χ1v) is 5.80. The first-order chi connectivity index (χ1) is 6.07. The van der Waals surface area contributed by atoms with Crippen LogP contribution in [0.5, 0.6) is 0 Å². The number of amides is 1. The van der Waals surface area contributed by atoms with Crippen molar-refractivity contribution in [3.05, 3.63) is 0 Å². The molecule has 0 aromatic carbocycles. The van der Waals surface area contributed by atoms with Crippen LogP contribution >= 0.6 is 11.8 Å². The molecule has 78 valence electrons. The molecule has 1 unspecified atom stereocenters. The fourth-order valence-corrected chi connectivity index (χ4v) is 1.09. The number of carbonyl (C=O) groups is 1. The van der Waals surface area contributed by atoms with Crippen LogP contribution in [0, 0.1) is 0 Å². The molecule has 1 atom stereocenters. The van der Waals surface area contributed by atoms with E-state index in [9.17, 15) is 4.79 Å². The fourth-order valence-electron chi connectivity index (χ4n) is 0.808. The van der Waals surface area contributed by atoms with E-state index in [0.717, 1.165) is 13.1 Å². The third-order valence-corrected chi connectivity index (χ3v) is 2.82. The molecule has 13 heavy (non-hydrogen) atoms. The van der Waals surface area contributed by atoms with Gasteiger partial charge >= 0.3 is 0 Å². The van der Waals surface area contributed by atoms with Crippen LogP contribution in [0.1, 0.15) is 13.3 Å². The van der Waals surface area contributed by atoms with Crippen molar-refractivity contribution in [1.29, 1.82) is 0 Å². The number of hydrogen-bond donors (Lipinski definition) is 1. The van der Waals surface area contributed by atoms with Crippen LogP contribution in [0.3, 0.4) is 0 Å². The molecular formula is C9H20N2OS. The summed E-state index contributed by atoms with van der Waals surface area (Å²) in [6, 6.07) is 0. The van der Waals surface area contributed by atoms with Crippen LogP contribution in [0.4, 0.5) is 0 Å². The number of nitrogens with one attached hydrogen (secondary N) is 1. The second-order valence-electron chi connectivity index (χ2n) is 3.29. The van der Waals surface area contributed by atoms with Gasteiger partial charge in [-0.15, -0.1) is 0 Å². The minimum Gasteiger partial charge on any atom is -0.349 e. The average Bonchev–Trinajstić information content (AvgIpc) is 2.11. The van der Waals surface area contributed by atoms with Gasteiger partial charge in [-0.05, 0) is 6.26 Å². The van der Waals surface area contributed by atoms with Gasteiger partial charge in [-0.2, -0.15) is 11.8 Å². The van der Waals surface area contributed by atoms with E-state index in [2.05, 4.69) is 18.5 Å². The van der Waals surface area contributed by atoms with Crippen molar-refractivity contribution >= 4 is 17.7 Å². The highest BCUT2D eigenvalue weighted by Crippen LogP contribution is 2.02. The van der Waals surface area contributed by atoms with E-state index < -0.39 is 0 Å². The SMILES string of the molecule is CSC(C)CNCCC(=O)N(C)C. The largest absolute Gasteiger partial charge is 0.349 e. The Bertz CT molecular complexity index is 151. The molecule has 0 heterocycles. The number of nitrogens with zero attached hydrogens (tertiary/aromatic N) is 1. The summed E-state index contributed by atoms with van der Waals surface area (Å²) in [5.41, 5.74) is 0. The topological polar surface area (TPSA) is 32.3 Å². The molecule has 0 aliphatic rings. The standard InChI is InChI=1S/C9H20N2OS/c1-8(13-4)7-10-6-5-9(12)11(2)3/h8,10H,5-7H2,1-4H3. The Hall–Kier alpha value is -0.220. The second kappa shape index (κ2) is 7.21. The maximum atomic E-state index is 11.1. The highest BCUT2D eigenvalue weighted by Gasteiger charge is 2.03. The van der Waals surface area contributed by atoms with Crippen molar-refractivity contribution in [2.75, 3.05) is 33.4 Å². The molecule has 0 aromatic heterocycles. The summed E-state index contributed by atoms with van der Waals surface area (Å²) >= 11 is 1.83. The lowest BCUT2D eigenvalue weighted by molar-refractivity contribution is -0.128. The van der Waals surface area contributed by atoms with Crippen LogP contribution in [0.25, 0.3) is 0 Å². The highest BCUT2D eigenvalue weighted by atomic mass is 32.2. The molecule has 1 N–H and O–H groups in total. The van der Waals surface area contributed by atoms with Crippen LogP contribution in [-0.4, -0.2) is 49.5 Å². The van der Waals surface area contributed by atoms with Crippen molar-refractivity contribution in [2.24, 2.45) is 0 Å². The van der Waals surface area contributed by atoms with Crippen LogP contribution in [0.2, 0.25) is 0 Å². The first kappa shape index (κ1) is 12.8. The summed E-state index contributed by atoms with van der Waals surface area (Å²) in [7, 11) is 3.57. The third kappa shape index (κ3) is 6.90. The minimum atomic E-state index is 0.185. The normalized spacial score (nSPS) is 12.6. The molecular weight excluding hydrogens is 184 g/mol. The van der Waals surface area contributed by atoms with E-state index in [-0.39, 0.29) is 5.91 Å². The van der Waals surface area contributed by atoms with Crippen LogP contribution in [0.15, 0.2) is 0 Å². The van der Waals surface area contributed by atoms with Gasteiger partial charge in [-0.25, -0.2) is 0 Å². The average molecular weight is 204 g/mol. The fraction of sp³-hybridized carbons (Fsp3) is 0.889. The maximum Gasteiger partial charge on any atom is 0.223 e. The van der Waals surface area contributed by atoms with Crippen LogP contribution < -0.4 is 5.32 Å². The Labute approximate surface area is 85.3 Å². The lowest BCUT2D eigenvalue weighted by Crippen LogP contribution is -2.29. The summed E-state index contributed by atoms with van der Waals surface area (Å²) in [6.07, 6.45) is 2.69. The molecule has 0 spiro atoms. The van der Waals surface area contributed by atoms with Gasteiger partial charge in [-0.3, -0.25) is 4.79 Å². The summed E-state index contributed by atoms with van der Waals surface area (Å²) in [5, 5.41) is 3.87. The summed E-state index contributed by atoms with van der Waals surface area (Å²) in [4.78, 5) is 12.8. The monoisotopic (exact) mass is 204 g/mol. The number of thioether (sulfide) groups is 1. The van der Waals surface area contributed by atoms with Gasteiger partial charge in [0.2, 0.25) is 5.91 Å². The molecule has 0 radical (unpaired) electrons. The second-order valence-corrected chi connectivity index (χ2v) is 4.56. The number of rotatable bonds is 6. The smallest absolute Gasteiger partial charge is 0.223 e. The maximum absolute atomic E-state index is 11.1. The zero-order valence-electron chi connectivity index (χ0n) is 8.96. The minimum absolute atomic E-state index is 0.185. The predicted octanol–water partition coefficient (Wildman–Crippen LogP) is 0.806.